The van der Waals surface area contributed by atoms with Gasteiger partial charge in [-0.05, 0) is 48.6 Å². The molecule has 0 aromatic heterocycles. The standard InChI is InChI=1S/C24H26O4/c1-3-14-24(16-23(26)27-4-2)21-15-20(12-10-19(21)11-13-22(24)25)28-17-18-8-6-5-7-9-18/h3,5-10,12,15H,1,4,11,13-14,16-17H2,2H3. The zero-order valence-corrected chi connectivity index (χ0v) is 16.3. The zero-order chi connectivity index (χ0) is 20.0. The van der Waals surface area contributed by atoms with Crippen molar-refractivity contribution in [3.63, 3.8) is 0 Å². The third kappa shape index (κ3) is 4.16. The molecule has 3 rings (SSSR count). The third-order valence-electron chi connectivity index (χ3n) is 5.24. The predicted molar refractivity (Wildman–Crippen MR) is 108 cm³/mol. The summed E-state index contributed by atoms with van der Waals surface area (Å²) in [5.74, 6) is 0.393. The lowest BCUT2D eigenvalue weighted by Crippen LogP contribution is -2.42. The number of hydrogen-bond acceptors (Lipinski definition) is 4. The van der Waals surface area contributed by atoms with Gasteiger partial charge >= 0.3 is 5.97 Å². The highest BCUT2D eigenvalue weighted by atomic mass is 16.5. The van der Waals surface area contributed by atoms with Crippen LogP contribution in [0, 0.1) is 0 Å². The van der Waals surface area contributed by atoms with Gasteiger partial charge in [0, 0.05) is 6.42 Å². The lowest BCUT2D eigenvalue weighted by Gasteiger charge is -2.36. The van der Waals surface area contributed by atoms with Gasteiger partial charge in [-0.3, -0.25) is 9.59 Å². The van der Waals surface area contributed by atoms with Crippen LogP contribution in [0.2, 0.25) is 0 Å². The van der Waals surface area contributed by atoms with E-state index >= 15 is 0 Å². The number of benzene rings is 2. The highest BCUT2D eigenvalue weighted by Gasteiger charge is 2.45. The fourth-order valence-corrected chi connectivity index (χ4v) is 3.88. The van der Waals surface area contributed by atoms with Crippen molar-refractivity contribution in [2.45, 2.75) is 44.6 Å². The van der Waals surface area contributed by atoms with E-state index in [1.807, 2.05) is 48.5 Å². The van der Waals surface area contributed by atoms with Crippen molar-refractivity contribution in [2.24, 2.45) is 0 Å². The number of rotatable bonds is 8. The number of Topliss-reactive ketones (excluding diaryl/α,β-unsaturated/α-hetero) is 1. The van der Waals surface area contributed by atoms with Crippen molar-refractivity contribution < 1.29 is 19.1 Å². The number of hydrogen-bond donors (Lipinski definition) is 0. The molecule has 0 saturated heterocycles. The molecule has 1 aliphatic rings. The van der Waals surface area contributed by atoms with Crippen molar-refractivity contribution >= 4 is 11.8 Å². The number of ketones is 1. The maximum atomic E-state index is 13.0. The van der Waals surface area contributed by atoms with Crippen LogP contribution in [0.4, 0.5) is 0 Å². The van der Waals surface area contributed by atoms with Crippen LogP contribution in [0.5, 0.6) is 5.75 Å². The van der Waals surface area contributed by atoms with E-state index in [2.05, 4.69) is 6.58 Å². The van der Waals surface area contributed by atoms with Crippen LogP contribution in [-0.2, 0) is 32.8 Å². The Bertz CT molecular complexity index is 856. The first-order valence-corrected chi connectivity index (χ1v) is 9.69. The molecular weight excluding hydrogens is 352 g/mol. The van der Waals surface area contributed by atoms with Gasteiger partial charge in [-0.1, -0.05) is 42.5 Å². The molecule has 0 N–H and O–H groups in total. The number of carbonyl (C=O) groups is 2. The van der Waals surface area contributed by atoms with Gasteiger partial charge in [-0.2, -0.15) is 0 Å². The Morgan fingerprint density at radius 3 is 2.68 bits per heavy atom. The molecule has 0 amide bonds. The van der Waals surface area contributed by atoms with Gasteiger partial charge < -0.3 is 9.47 Å². The van der Waals surface area contributed by atoms with Crippen LogP contribution in [-0.4, -0.2) is 18.4 Å². The zero-order valence-electron chi connectivity index (χ0n) is 16.3. The Kier molecular flexibility index (Phi) is 6.30. The van der Waals surface area contributed by atoms with Crippen LogP contribution in [0.15, 0.2) is 61.2 Å². The van der Waals surface area contributed by atoms with Crippen molar-refractivity contribution in [1.29, 1.82) is 0 Å². The molecule has 1 aliphatic carbocycles. The van der Waals surface area contributed by atoms with Crippen LogP contribution in [0.25, 0.3) is 0 Å². The lowest BCUT2D eigenvalue weighted by atomic mass is 9.65. The first-order chi connectivity index (χ1) is 13.6. The molecule has 0 aliphatic heterocycles. The molecule has 0 heterocycles. The SMILES string of the molecule is C=CCC1(CC(=O)OCC)C(=O)CCc2ccc(OCc3ccccc3)cc21. The summed E-state index contributed by atoms with van der Waals surface area (Å²) in [6.45, 7) is 6.33. The molecule has 4 nitrogen and oxygen atoms in total. The molecule has 0 spiro atoms. The fraction of sp³-hybridized carbons (Fsp3) is 0.333. The quantitative estimate of drug-likeness (QED) is 0.500. The average Bonchev–Trinajstić information content (AvgIpc) is 2.70. The van der Waals surface area contributed by atoms with Gasteiger partial charge in [0.2, 0.25) is 0 Å². The lowest BCUT2D eigenvalue weighted by molar-refractivity contribution is -0.147. The van der Waals surface area contributed by atoms with E-state index in [9.17, 15) is 9.59 Å². The Balaban J connectivity index is 1.93. The molecular formula is C24H26O4. The van der Waals surface area contributed by atoms with Gasteiger partial charge in [0.25, 0.3) is 0 Å². The molecule has 0 bridgehead atoms. The largest absolute Gasteiger partial charge is 0.489 e. The predicted octanol–water partition coefficient (Wildman–Crippen LogP) is 4.55. The van der Waals surface area contributed by atoms with Gasteiger partial charge in [0.1, 0.15) is 18.1 Å². The highest BCUT2D eigenvalue weighted by molar-refractivity contribution is 5.96. The van der Waals surface area contributed by atoms with Gasteiger partial charge in [0.15, 0.2) is 0 Å². The molecule has 1 unspecified atom stereocenters. The second-order valence-corrected chi connectivity index (χ2v) is 7.07. The van der Waals surface area contributed by atoms with E-state index in [-0.39, 0.29) is 18.2 Å². The summed E-state index contributed by atoms with van der Waals surface area (Å²) in [7, 11) is 0. The van der Waals surface area contributed by atoms with Gasteiger partial charge in [-0.25, -0.2) is 0 Å². The topological polar surface area (TPSA) is 52.6 Å². The van der Waals surface area contributed by atoms with Gasteiger partial charge in [-0.15, -0.1) is 6.58 Å². The minimum Gasteiger partial charge on any atom is -0.489 e. The number of esters is 1. The fourth-order valence-electron chi connectivity index (χ4n) is 3.88. The average molecular weight is 378 g/mol. The van der Waals surface area contributed by atoms with E-state index in [0.29, 0.717) is 38.2 Å². The van der Waals surface area contributed by atoms with Crippen LogP contribution in [0.3, 0.4) is 0 Å². The normalized spacial score (nSPS) is 18.2. The molecule has 4 heteroatoms. The maximum Gasteiger partial charge on any atom is 0.307 e. The van der Waals surface area contributed by atoms with Crippen LogP contribution >= 0.6 is 0 Å². The minimum atomic E-state index is -0.923. The Morgan fingerprint density at radius 2 is 1.96 bits per heavy atom. The molecule has 2 aromatic rings. The summed E-state index contributed by atoms with van der Waals surface area (Å²) in [5, 5.41) is 0. The van der Waals surface area contributed by atoms with E-state index in [0.717, 1.165) is 16.7 Å². The molecule has 0 saturated carbocycles. The van der Waals surface area contributed by atoms with Crippen molar-refractivity contribution in [1.82, 2.24) is 0 Å². The number of carbonyl (C=O) groups excluding carboxylic acids is 2. The molecule has 28 heavy (non-hydrogen) atoms. The maximum absolute atomic E-state index is 13.0. The van der Waals surface area contributed by atoms with E-state index in [4.69, 9.17) is 9.47 Å². The van der Waals surface area contributed by atoms with Crippen LogP contribution < -0.4 is 4.74 Å². The number of aryl methyl sites for hydroxylation is 1. The van der Waals surface area contributed by atoms with E-state index in [1.165, 1.54) is 0 Å². The summed E-state index contributed by atoms with van der Waals surface area (Å²) in [5.41, 5.74) is 2.09. The van der Waals surface area contributed by atoms with E-state index < -0.39 is 5.41 Å². The number of ether oxygens (including phenoxy) is 2. The third-order valence-corrected chi connectivity index (χ3v) is 5.24. The summed E-state index contributed by atoms with van der Waals surface area (Å²) in [6, 6.07) is 15.8. The second kappa shape index (κ2) is 8.87. The summed E-state index contributed by atoms with van der Waals surface area (Å²) >= 11 is 0. The number of fused-ring (bicyclic) bond motifs is 1. The molecule has 0 radical (unpaired) electrons. The van der Waals surface area contributed by atoms with E-state index in [1.54, 1.807) is 13.0 Å². The Hall–Kier alpha value is -2.88. The van der Waals surface area contributed by atoms with Crippen molar-refractivity contribution in [2.75, 3.05) is 6.61 Å². The summed E-state index contributed by atoms with van der Waals surface area (Å²) in [6.07, 6.45) is 3.24. The van der Waals surface area contributed by atoms with Crippen molar-refractivity contribution in [3.05, 3.63) is 77.9 Å². The highest BCUT2D eigenvalue weighted by Crippen LogP contribution is 2.42. The minimum absolute atomic E-state index is 0.0286. The monoisotopic (exact) mass is 378 g/mol. The number of allylic oxidation sites excluding steroid dienone is 1. The summed E-state index contributed by atoms with van der Waals surface area (Å²) < 4.78 is 11.1. The second-order valence-electron chi connectivity index (χ2n) is 7.07. The molecule has 1 atom stereocenters. The Morgan fingerprint density at radius 1 is 1.18 bits per heavy atom. The molecule has 146 valence electrons. The first kappa shape index (κ1) is 19.9. The molecule has 0 fully saturated rings. The summed E-state index contributed by atoms with van der Waals surface area (Å²) in [4.78, 5) is 25.3. The first-order valence-electron chi connectivity index (χ1n) is 9.69. The van der Waals surface area contributed by atoms with Crippen molar-refractivity contribution in [3.8, 4) is 5.75 Å². The smallest absolute Gasteiger partial charge is 0.307 e. The Labute approximate surface area is 166 Å². The van der Waals surface area contributed by atoms with Crippen LogP contribution in [0.1, 0.15) is 42.9 Å². The molecule has 2 aromatic carbocycles. The van der Waals surface area contributed by atoms with Gasteiger partial charge in [0.05, 0.1) is 18.4 Å².